The maximum Gasteiger partial charge on any atom is 0.193 e. The van der Waals surface area contributed by atoms with Crippen LogP contribution in [0.15, 0.2) is 47.6 Å². The molecule has 0 radical (unpaired) electrons. The van der Waals surface area contributed by atoms with Crippen LogP contribution in [0.4, 0.5) is 5.82 Å². The number of morpholine rings is 1. The van der Waals surface area contributed by atoms with Crippen molar-refractivity contribution in [1.82, 2.24) is 15.2 Å². The fraction of sp³-hybridized carbons (Fsp3) is 0.400. The average molecular weight is 388 g/mol. The molecule has 1 aromatic heterocycles. The van der Waals surface area contributed by atoms with E-state index in [0.29, 0.717) is 6.54 Å². The molecular weight excluding hydrogens is 362 g/mol. The molecule has 7 heteroatoms. The minimum Gasteiger partial charge on any atom is -0.378 e. The zero-order valence-electron chi connectivity index (χ0n) is 15.9. The summed E-state index contributed by atoms with van der Waals surface area (Å²) < 4.78 is 5.45. The number of nitrogens with one attached hydrogen (secondary N) is 1. The van der Waals surface area contributed by atoms with Gasteiger partial charge in [0.05, 0.1) is 13.2 Å². The second kappa shape index (κ2) is 9.58. The molecule has 0 atom stereocenters. The first-order valence-corrected chi connectivity index (χ1v) is 9.48. The molecule has 1 aliphatic heterocycles. The van der Waals surface area contributed by atoms with E-state index in [1.165, 1.54) is 5.56 Å². The molecule has 0 amide bonds. The molecule has 0 aliphatic carbocycles. The Bertz CT molecular complexity index is 759. The lowest BCUT2D eigenvalue weighted by Crippen LogP contribution is -2.40. The topological polar surface area (TPSA) is 53.0 Å². The number of aliphatic imine (C=N–C) groups is 1. The van der Waals surface area contributed by atoms with Crippen LogP contribution in [-0.4, -0.2) is 56.2 Å². The van der Waals surface area contributed by atoms with Gasteiger partial charge >= 0.3 is 0 Å². The third-order valence-electron chi connectivity index (χ3n) is 4.52. The first-order chi connectivity index (χ1) is 13.2. The highest BCUT2D eigenvalue weighted by molar-refractivity contribution is 6.30. The van der Waals surface area contributed by atoms with Gasteiger partial charge in [-0.25, -0.2) is 4.98 Å². The third-order valence-corrected chi connectivity index (χ3v) is 4.77. The molecule has 0 spiro atoms. The SMILES string of the molecule is CN=C(NCc1cccnc1N1CCOCC1)N(C)Cc1ccc(Cl)cc1. The van der Waals surface area contributed by atoms with Gasteiger partial charge in [-0.1, -0.05) is 29.8 Å². The number of pyridine rings is 1. The smallest absolute Gasteiger partial charge is 0.193 e. The second-order valence-corrected chi connectivity index (χ2v) is 6.91. The summed E-state index contributed by atoms with van der Waals surface area (Å²) in [7, 11) is 3.82. The summed E-state index contributed by atoms with van der Waals surface area (Å²) >= 11 is 5.97. The van der Waals surface area contributed by atoms with Crippen LogP contribution in [0.1, 0.15) is 11.1 Å². The normalized spacial score (nSPS) is 14.9. The number of ether oxygens (including phenoxy) is 1. The van der Waals surface area contributed by atoms with Crippen molar-refractivity contribution in [3.63, 3.8) is 0 Å². The fourth-order valence-corrected chi connectivity index (χ4v) is 3.25. The Hall–Kier alpha value is -2.31. The van der Waals surface area contributed by atoms with Crippen LogP contribution in [-0.2, 0) is 17.8 Å². The van der Waals surface area contributed by atoms with Crippen LogP contribution in [0, 0.1) is 0 Å². The number of benzene rings is 1. The Morgan fingerprint density at radius 3 is 2.70 bits per heavy atom. The van der Waals surface area contributed by atoms with Gasteiger partial charge in [0.2, 0.25) is 0 Å². The van der Waals surface area contributed by atoms with Crippen LogP contribution < -0.4 is 10.2 Å². The van der Waals surface area contributed by atoms with Crippen LogP contribution in [0.2, 0.25) is 5.02 Å². The predicted octanol–water partition coefficient (Wildman–Crippen LogP) is 2.78. The summed E-state index contributed by atoms with van der Waals surface area (Å²) in [5.41, 5.74) is 2.33. The lowest BCUT2D eigenvalue weighted by atomic mass is 10.2. The minimum absolute atomic E-state index is 0.665. The predicted molar refractivity (Wildman–Crippen MR) is 110 cm³/mol. The van der Waals surface area contributed by atoms with E-state index < -0.39 is 0 Å². The Balaban J connectivity index is 1.63. The van der Waals surface area contributed by atoms with Crippen molar-refractivity contribution >= 4 is 23.4 Å². The van der Waals surface area contributed by atoms with Crippen molar-refractivity contribution in [2.24, 2.45) is 4.99 Å². The molecule has 27 heavy (non-hydrogen) atoms. The van der Waals surface area contributed by atoms with E-state index in [4.69, 9.17) is 16.3 Å². The van der Waals surface area contributed by atoms with Gasteiger partial charge in [-0.05, 0) is 23.8 Å². The number of nitrogens with zero attached hydrogens (tertiary/aromatic N) is 4. The third kappa shape index (κ3) is 5.34. The molecule has 1 aromatic carbocycles. The summed E-state index contributed by atoms with van der Waals surface area (Å²) in [6, 6.07) is 12.0. The molecule has 2 heterocycles. The number of guanidine groups is 1. The number of rotatable bonds is 5. The van der Waals surface area contributed by atoms with Crippen LogP contribution in [0.25, 0.3) is 0 Å². The van der Waals surface area contributed by atoms with Crippen molar-refractivity contribution in [1.29, 1.82) is 0 Å². The highest BCUT2D eigenvalue weighted by atomic mass is 35.5. The molecule has 0 bridgehead atoms. The molecule has 1 aliphatic rings. The molecule has 3 rings (SSSR count). The van der Waals surface area contributed by atoms with Crippen molar-refractivity contribution < 1.29 is 4.74 Å². The molecule has 1 fully saturated rings. The summed E-state index contributed by atoms with van der Waals surface area (Å²) in [6.45, 7) is 4.65. The molecule has 0 unspecified atom stereocenters. The van der Waals surface area contributed by atoms with Crippen molar-refractivity contribution in [3.05, 3.63) is 58.7 Å². The van der Waals surface area contributed by atoms with Crippen LogP contribution in [0.3, 0.4) is 0 Å². The van der Waals surface area contributed by atoms with Gasteiger partial charge in [0.1, 0.15) is 5.82 Å². The van der Waals surface area contributed by atoms with E-state index in [9.17, 15) is 0 Å². The van der Waals surface area contributed by atoms with E-state index in [1.807, 2.05) is 43.6 Å². The van der Waals surface area contributed by atoms with Gasteiger partial charge in [-0.15, -0.1) is 0 Å². The van der Waals surface area contributed by atoms with E-state index >= 15 is 0 Å². The maximum absolute atomic E-state index is 5.97. The molecule has 144 valence electrons. The zero-order valence-corrected chi connectivity index (χ0v) is 16.6. The van der Waals surface area contributed by atoms with Gasteiger partial charge in [0, 0.05) is 57.1 Å². The molecular formula is C20H26ClN5O. The van der Waals surface area contributed by atoms with E-state index in [-0.39, 0.29) is 0 Å². The maximum atomic E-state index is 5.97. The number of hydrogen-bond acceptors (Lipinski definition) is 4. The van der Waals surface area contributed by atoms with Crippen molar-refractivity contribution in [2.75, 3.05) is 45.3 Å². The first-order valence-electron chi connectivity index (χ1n) is 9.10. The van der Waals surface area contributed by atoms with Crippen LogP contribution in [0.5, 0.6) is 0 Å². The Labute approximate surface area is 165 Å². The average Bonchev–Trinajstić information content (AvgIpc) is 2.71. The highest BCUT2D eigenvalue weighted by Gasteiger charge is 2.16. The Kier molecular flexibility index (Phi) is 6.90. The van der Waals surface area contributed by atoms with Crippen molar-refractivity contribution in [2.45, 2.75) is 13.1 Å². The largest absolute Gasteiger partial charge is 0.378 e. The highest BCUT2D eigenvalue weighted by Crippen LogP contribution is 2.18. The van der Waals surface area contributed by atoms with Gasteiger partial charge in [-0.2, -0.15) is 0 Å². The summed E-state index contributed by atoms with van der Waals surface area (Å²) in [6.07, 6.45) is 1.84. The number of hydrogen-bond donors (Lipinski definition) is 1. The lowest BCUT2D eigenvalue weighted by molar-refractivity contribution is 0.122. The zero-order chi connectivity index (χ0) is 19.1. The van der Waals surface area contributed by atoms with Gasteiger partial charge in [0.15, 0.2) is 5.96 Å². The van der Waals surface area contributed by atoms with Gasteiger partial charge in [0.25, 0.3) is 0 Å². The Morgan fingerprint density at radius 1 is 1.26 bits per heavy atom. The fourth-order valence-electron chi connectivity index (χ4n) is 3.13. The van der Waals surface area contributed by atoms with Gasteiger partial charge < -0.3 is 19.9 Å². The summed E-state index contributed by atoms with van der Waals surface area (Å²) in [4.78, 5) is 13.4. The molecule has 1 N–H and O–H groups in total. The van der Waals surface area contributed by atoms with E-state index in [1.54, 1.807) is 7.05 Å². The quantitative estimate of drug-likeness (QED) is 0.631. The standard InChI is InChI=1S/C20H26ClN5O/c1-22-20(25(2)15-16-5-7-18(21)8-6-16)24-14-17-4-3-9-23-19(17)26-10-12-27-13-11-26/h3-9H,10-15H2,1-2H3,(H,22,24). The number of anilines is 1. The van der Waals surface area contributed by atoms with E-state index in [0.717, 1.165) is 55.2 Å². The second-order valence-electron chi connectivity index (χ2n) is 6.47. The molecule has 1 saturated heterocycles. The molecule has 6 nitrogen and oxygen atoms in total. The minimum atomic E-state index is 0.665. The summed E-state index contributed by atoms with van der Waals surface area (Å²) in [5, 5.41) is 4.19. The number of aromatic nitrogens is 1. The first kappa shape index (κ1) is 19.5. The van der Waals surface area contributed by atoms with Gasteiger partial charge in [-0.3, -0.25) is 4.99 Å². The Morgan fingerprint density at radius 2 is 2.00 bits per heavy atom. The molecule has 0 saturated carbocycles. The monoisotopic (exact) mass is 387 g/mol. The lowest BCUT2D eigenvalue weighted by Gasteiger charge is -2.30. The molecule has 2 aromatic rings. The summed E-state index contributed by atoms with van der Waals surface area (Å²) in [5.74, 6) is 1.85. The van der Waals surface area contributed by atoms with E-state index in [2.05, 4.69) is 31.2 Å². The van der Waals surface area contributed by atoms with Crippen LogP contribution >= 0.6 is 11.6 Å². The number of halogens is 1. The van der Waals surface area contributed by atoms with Crippen molar-refractivity contribution in [3.8, 4) is 0 Å².